The quantitative estimate of drug-likeness (QED) is 0.0262. The van der Waals surface area contributed by atoms with Crippen molar-refractivity contribution in [2.75, 3.05) is 13.2 Å². The first-order valence-corrected chi connectivity index (χ1v) is 25.9. The molecule has 0 bridgehead atoms. The van der Waals surface area contributed by atoms with Gasteiger partial charge in [0.15, 0.2) is 6.10 Å². The van der Waals surface area contributed by atoms with Gasteiger partial charge in [-0.25, -0.2) is 0 Å². The monoisotopic (exact) mass is 865 g/mol. The lowest BCUT2D eigenvalue weighted by molar-refractivity contribution is -0.167. The Morgan fingerprint density at radius 2 is 0.629 bits per heavy atom. The molecule has 1 atom stereocenters. The zero-order valence-electron chi connectivity index (χ0n) is 40.6. The minimum Gasteiger partial charge on any atom is -0.462 e. The van der Waals surface area contributed by atoms with Crippen LogP contribution in [0.25, 0.3) is 0 Å². The van der Waals surface area contributed by atoms with E-state index in [9.17, 15) is 14.4 Å². The third kappa shape index (κ3) is 47.9. The highest BCUT2D eigenvalue weighted by atomic mass is 16.6. The molecule has 0 N–H and O–H groups in total. The molecule has 0 spiro atoms. The topological polar surface area (TPSA) is 78.9 Å². The normalized spacial score (nSPS) is 12.6. The van der Waals surface area contributed by atoms with Crippen molar-refractivity contribution in [3.8, 4) is 0 Å². The molecule has 62 heavy (non-hydrogen) atoms. The predicted octanol–water partition coefficient (Wildman–Crippen LogP) is 17.0. The van der Waals surface area contributed by atoms with E-state index in [1.54, 1.807) is 0 Å². The Morgan fingerprint density at radius 1 is 0.339 bits per heavy atom. The van der Waals surface area contributed by atoms with Gasteiger partial charge in [-0.2, -0.15) is 0 Å². The molecular formula is C56H96O6. The van der Waals surface area contributed by atoms with Gasteiger partial charge in [0, 0.05) is 19.3 Å². The maximum Gasteiger partial charge on any atom is 0.306 e. The summed E-state index contributed by atoms with van der Waals surface area (Å²) in [4.78, 5) is 37.9. The number of unbranched alkanes of at least 4 members (excludes halogenated alkanes) is 23. The van der Waals surface area contributed by atoms with Crippen LogP contribution in [0.1, 0.15) is 245 Å². The lowest BCUT2D eigenvalue weighted by atomic mass is 10.1. The van der Waals surface area contributed by atoms with Crippen LogP contribution >= 0.6 is 0 Å². The molecule has 0 aromatic carbocycles. The van der Waals surface area contributed by atoms with Crippen LogP contribution in [0.3, 0.4) is 0 Å². The fraction of sp³-hybridized carbons (Fsp3) is 0.732. The zero-order valence-corrected chi connectivity index (χ0v) is 40.6. The van der Waals surface area contributed by atoms with Gasteiger partial charge in [0.2, 0.25) is 0 Å². The molecule has 0 rings (SSSR count). The molecule has 0 radical (unpaired) electrons. The van der Waals surface area contributed by atoms with Crippen molar-refractivity contribution in [1.29, 1.82) is 0 Å². The summed E-state index contributed by atoms with van der Waals surface area (Å²) < 4.78 is 16.8. The van der Waals surface area contributed by atoms with E-state index in [4.69, 9.17) is 14.2 Å². The van der Waals surface area contributed by atoms with Crippen molar-refractivity contribution < 1.29 is 28.6 Å². The van der Waals surface area contributed by atoms with Crippen molar-refractivity contribution in [1.82, 2.24) is 0 Å². The van der Waals surface area contributed by atoms with Gasteiger partial charge in [-0.3, -0.25) is 14.4 Å². The predicted molar refractivity (Wildman–Crippen MR) is 265 cm³/mol. The summed E-state index contributed by atoms with van der Waals surface area (Å²) in [5, 5.41) is 0. The summed E-state index contributed by atoms with van der Waals surface area (Å²) in [6, 6.07) is 0. The molecule has 356 valence electrons. The first-order chi connectivity index (χ1) is 30.5. The van der Waals surface area contributed by atoms with Crippen LogP contribution in [0.15, 0.2) is 72.9 Å². The smallest absolute Gasteiger partial charge is 0.306 e. The van der Waals surface area contributed by atoms with Crippen LogP contribution in [-0.2, 0) is 28.6 Å². The van der Waals surface area contributed by atoms with Crippen LogP contribution in [0.5, 0.6) is 0 Å². The van der Waals surface area contributed by atoms with E-state index in [0.29, 0.717) is 19.3 Å². The Hall–Kier alpha value is -3.15. The lowest BCUT2D eigenvalue weighted by Crippen LogP contribution is -2.30. The number of carbonyl (C=O) groups excluding carboxylic acids is 3. The average Bonchev–Trinajstić information content (AvgIpc) is 3.27. The van der Waals surface area contributed by atoms with Gasteiger partial charge in [-0.1, -0.05) is 209 Å². The number of rotatable bonds is 46. The van der Waals surface area contributed by atoms with Crippen LogP contribution in [0.4, 0.5) is 0 Å². The molecule has 6 heteroatoms. The van der Waals surface area contributed by atoms with E-state index in [2.05, 4.69) is 93.7 Å². The minimum atomic E-state index is -0.787. The van der Waals surface area contributed by atoms with Crippen LogP contribution in [-0.4, -0.2) is 37.2 Å². The van der Waals surface area contributed by atoms with Crippen molar-refractivity contribution >= 4 is 17.9 Å². The van der Waals surface area contributed by atoms with Crippen LogP contribution < -0.4 is 0 Å². The second-order valence-electron chi connectivity index (χ2n) is 17.1. The Morgan fingerprint density at radius 3 is 1.02 bits per heavy atom. The minimum absolute atomic E-state index is 0.0857. The summed E-state index contributed by atoms with van der Waals surface area (Å²) in [5.74, 6) is -0.916. The molecule has 6 nitrogen and oxygen atoms in total. The molecule has 0 amide bonds. The highest BCUT2D eigenvalue weighted by molar-refractivity contribution is 5.71. The van der Waals surface area contributed by atoms with Crippen molar-refractivity contribution in [2.24, 2.45) is 0 Å². The molecular weight excluding hydrogens is 769 g/mol. The van der Waals surface area contributed by atoms with Gasteiger partial charge in [0.05, 0.1) is 0 Å². The van der Waals surface area contributed by atoms with E-state index < -0.39 is 6.10 Å². The average molecular weight is 865 g/mol. The summed E-state index contributed by atoms with van der Waals surface area (Å²) in [5.41, 5.74) is 0. The summed E-state index contributed by atoms with van der Waals surface area (Å²) in [6.07, 6.45) is 63.1. The van der Waals surface area contributed by atoms with Crippen LogP contribution in [0, 0.1) is 0 Å². The van der Waals surface area contributed by atoms with E-state index in [1.807, 2.05) is 0 Å². The van der Waals surface area contributed by atoms with Gasteiger partial charge in [0.1, 0.15) is 13.2 Å². The van der Waals surface area contributed by atoms with Gasteiger partial charge < -0.3 is 14.2 Å². The number of allylic oxidation sites excluding steroid dienone is 12. The van der Waals surface area contributed by atoms with E-state index in [1.165, 1.54) is 89.9 Å². The fourth-order valence-electron chi connectivity index (χ4n) is 7.05. The van der Waals surface area contributed by atoms with E-state index >= 15 is 0 Å². The third-order valence-electron chi connectivity index (χ3n) is 10.9. The van der Waals surface area contributed by atoms with Crippen molar-refractivity contribution in [2.45, 2.75) is 252 Å². The Labute approximate surface area is 382 Å². The number of hydrogen-bond donors (Lipinski definition) is 0. The van der Waals surface area contributed by atoms with Crippen LogP contribution in [0.2, 0.25) is 0 Å². The number of hydrogen-bond acceptors (Lipinski definition) is 6. The molecule has 0 aromatic rings. The molecule has 0 saturated heterocycles. The van der Waals surface area contributed by atoms with Crippen molar-refractivity contribution in [3.05, 3.63) is 72.9 Å². The Bertz CT molecular complexity index is 1180. The second-order valence-corrected chi connectivity index (χ2v) is 17.1. The molecule has 0 saturated carbocycles. The van der Waals surface area contributed by atoms with E-state index in [-0.39, 0.29) is 31.1 Å². The molecule has 0 aromatic heterocycles. The highest BCUT2D eigenvalue weighted by Gasteiger charge is 2.19. The fourth-order valence-corrected chi connectivity index (χ4v) is 7.05. The summed E-state index contributed by atoms with van der Waals surface area (Å²) in [7, 11) is 0. The summed E-state index contributed by atoms with van der Waals surface area (Å²) >= 11 is 0. The number of carbonyl (C=O) groups is 3. The molecule has 0 aliphatic carbocycles. The third-order valence-corrected chi connectivity index (χ3v) is 10.9. The first-order valence-electron chi connectivity index (χ1n) is 25.9. The van der Waals surface area contributed by atoms with Gasteiger partial charge in [0.25, 0.3) is 0 Å². The first kappa shape index (κ1) is 58.9. The van der Waals surface area contributed by atoms with Gasteiger partial charge in [-0.05, 0) is 89.9 Å². The molecule has 0 heterocycles. The van der Waals surface area contributed by atoms with Crippen molar-refractivity contribution in [3.63, 3.8) is 0 Å². The van der Waals surface area contributed by atoms with E-state index in [0.717, 1.165) is 116 Å². The Kier molecular flexibility index (Phi) is 47.9. The lowest BCUT2D eigenvalue weighted by Gasteiger charge is -2.18. The SMILES string of the molecule is CC/C=C\C/C=C\C/C=C\CCCCCCCC(=O)O[C@@H](COC(=O)CCCCCCCC/C=C\C/C=C\C/C=C\CCCCC)COC(=O)CCCCCCCCCCCC. The Balaban J connectivity index is 4.38. The largest absolute Gasteiger partial charge is 0.462 e. The summed E-state index contributed by atoms with van der Waals surface area (Å²) in [6.45, 7) is 6.46. The standard InChI is InChI=1S/C56H96O6/c1-4-7-10-13-16-19-22-24-26-27-28-29-31-32-34-37-40-43-46-49-55(58)61-52-53(51-60-54(57)48-45-42-39-36-21-18-15-12-9-6-3)62-56(59)50-47-44-41-38-35-33-30-25-23-20-17-14-11-8-5-2/h8,11,16-17,19-20,24-26,28-30,53H,4-7,9-10,12-15,18,21-23,27,31-52H2,1-3H3/b11-8-,19-16-,20-17-,26-24-,29-28-,30-25-/t53-/m1/s1. The molecule has 0 aliphatic rings. The maximum atomic E-state index is 12.8. The zero-order chi connectivity index (χ0) is 45.1. The van der Waals surface area contributed by atoms with Gasteiger partial charge >= 0.3 is 17.9 Å². The molecule has 0 fully saturated rings. The number of esters is 3. The maximum absolute atomic E-state index is 12.8. The highest BCUT2D eigenvalue weighted by Crippen LogP contribution is 2.14. The second kappa shape index (κ2) is 50.5. The number of ether oxygens (including phenoxy) is 3. The molecule has 0 aliphatic heterocycles. The van der Waals surface area contributed by atoms with Gasteiger partial charge in [-0.15, -0.1) is 0 Å². The molecule has 0 unspecified atom stereocenters.